The van der Waals surface area contributed by atoms with E-state index in [1.54, 1.807) is 6.07 Å². The third-order valence-electron chi connectivity index (χ3n) is 8.20. The fourth-order valence-electron chi connectivity index (χ4n) is 5.80. The van der Waals surface area contributed by atoms with Gasteiger partial charge in [-0.2, -0.15) is 0 Å². The quantitative estimate of drug-likeness (QED) is 0.389. The van der Waals surface area contributed by atoms with E-state index in [-0.39, 0.29) is 24.4 Å². The van der Waals surface area contributed by atoms with Crippen molar-refractivity contribution in [3.8, 4) is 18.1 Å². The molecule has 3 N–H and O–H groups in total. The van der Waals surface area contributed by atoms with Gasteiger partial charge in [0.05, 0.1) is 18.8 Å². The maximum absolute atomic E-state index is 14.6. The lowest BCUT2D eigenvalue weighted by Crippen LogP contribution is -2.50. The van der Waals surface area contributed by atoms with Crippen molar-refractivity contribution in [3.63, 3.8) is 0 Å². The van der Waals surface area contributed by atoms with Crippen molar-refractivity contribution in [2.75, 3.05) is 26.7 Å². The van der Waals surface area contributed by atoms with E-state index in [0.717, 1.165) is 54.5 Å². The van der Waals surface area contributed by atoms with Gasteiger partial charge in [-0.3, -0.25) is 4.79 Å². The van der Waals surface area contributed by atoms with Gasteiger partial charge >= 0.3 is 0 Å². The first-order valence-corrected chi connectivity index (χ1v) is 14.8. The van der Waals surface area contributed by atoms with E-state index in [2.05, 4.69) is 34.6 Å². The van der Waals surface area contributed by atoms with Crippen LogP contribution >= 0.6 is 0 Å². The molecule has 0 spiro atoms. The second kappa shape index (κ2) is 13.1. The second-order valence-corrected chi connectivity index (χ2v) is 11.8. The smallest absolute Gasteiger partial charge is 0.251 e. The fourth-order valence-corrected chi connectivity index (χ4v) is 5.80. The summed E-state index contributed by atoms with van der Waals surface area (Å²) in [5.41, 5.74) is 4.89. The maximum Gasteiger partial charge on any atom is 0.251 e. The molecule has 0 aromatic heterocycles. The Morgan fingerprint density at radius 2 is 2.00 bits per heavy atom. The molecule has 2 unspecified atom stereocenters. The van der Waals surface area contributed by atoms with Gasteiger partial charge in [-0.05, 0) is 106 Å². The number of hydrogen-bond donors (Lipinski definition) is 3. The molecule has 42 heavy (non-hydrogen) atoms. The summed E-state index contributed by atoms with van der Waals surface area (Å²) in [6, 6.07) is 17.7. The summed E-state index contributed by atoms with van der Waals surface area (Å²) in [6.45, 7) is 4.31. The van der Waals surface area contributed by atoms with E-state index in [0.29, 0.717) is 30.0 Å². The Bertz CT molecular complexity index is 1460. The zero-order chi connectivity index (χ0) is 29.7. The number of hydrogen-bond acceptors (Lipinski definition) is 5. The highest BCUT2D eigenvalue weighted by Gasteiger charge is 2.44. The van der Waals surface area contributed by atoms with Crippen molar-refractivity contribution >= 4 is 5.91 Å². The first kappa shape index (κ1) is 29.8. The lowest BCUT2D eigenvalue weighted by Gasteiger charge is -2.28. The maximum atomic E-state index is 14.6. The molecule has 1 saturated carbocycles. The van der Waals surface area contributed by atoms with E-state index in [1.165, 1.54) is 12.1 Å². The minimum Gasteiger partial charge on any atom is -0.493 e. The number of aryl methyl sites for hydroxylation is 1. The van der Waals surface area contributed by atoms with Crippen LogP contribution in [0.3, 0.4) is 0 Å². The van der Waals surface area contributed by atoms with Crippen molar-refractivity contribution in [3.05, 3.63) is 99.9 Å². The molecule has 2 aliphatic rings. The Morgan fingerprint density at radius 1 is 1.17 bits per heavy atom. The number of fused-ring (bicyclic) bond motifs is 4. The van der Waals surface area contributed by atoms with Crippen LogP contribution in [0.15, 0.2) is 60.7 Å². The van der Waals surface area contributed by atoms with Crippen molar-refractivity contribution in [2.45, 2.75) is 63.3 Å². The lowest BCUT2D eigenvalue weighted by molar-refractivity contribution is 0.0821. The predicted molar refractivity (Wildman–Crippen MR) is 163 cm³/mol. The molecule has 3 aromatic rings. The number of aliphatic hydroxyl groups excluding tert-OH is 1. The van der Waals surface area contributed by atoms with Gasteiger partial charge in [-0.1, -0.05) is 29.7 Å². The molecule has 1 amide bonds. The Balaban J connectivity index is 1.40. The summed E-state index contributed by atoms with van der Waals surface area (Å²) in [7, 11) is 2.06. The highest BCUT2D eigenvalue weighted by atomic mass is 19.1. The summed E-state index contributed by atoms with van der Waals surface area (Å²) < 4.78 is 20.5. The van der Waals surface area contributed by atoms with Gasteiger partial charge in [0.2, 0.25) is 0 Å². The van der Waals surface area contributed by atoms with Gasteiger partial charge < -0.3 is 25.4 Å². The van der Waals surface area contributed by atoms with Crippen LogP contribution in [0.25, 0.3) is 0 Å². The zero-order valence-corrected chi connectivity index (χ0v) is 24.5. The molecular formula is C35H40FN3O3. The van der Waals surface area contributed by atoms with E-state index in [4.69, 9.17) is 11.2 Å². The van der Waals surface area contributed by atoms with Crippen LogP contribution < -0.4 is 15.4 Å². The van der Waals surface area contributed by atoms with Crippen LogP contribution in [0.1, 0.15) is 63.9 Å². The summed E-state index contributed by atoms with van der Waals surface area (Å²) >= 11 is 0. The predicted octanol–water partition coefficient (Wildman–Crippen LogP) is 4.70. The molecule has 2 atom stereocenters. The van der Waals surface area contributed by atoms with Crippen molar-refractivity contribution in [1.29, 1.82) is 0 Å². The number of amides is 1. The third-order valence-corrected chi connectivity index (χ3v) is 8.20. The lowest BCUT2D eigenvalue weighted by atomic mass is 9.98. The standard InChI is InChI=1S/C35H40FN3O3/c1-4-25-8-7-9-29(17-25)35(10-11-35)37-22-33(40)32-20-26-18-30(36)21-31(19-26)42-13-6-5-12-39(3)23-27-14-24(2)15-28(16-27)34(41)38-32/h1,7-9,14-19,21,32-33,37,40H,5-6,10-13,20,22-23H2,2-3H3,(H,38,41). The van der Waals surface area contributed by atoms with E-state index in [1.807, 2.05) is 43.3 Å². The normalized spacial score (nSPS) is 20.0. The molecule has 5 rings (SSSR count). The molecule has 1 aliphatic carbocycles. The highest BCUT2D eigenvalue weighted by Crippen LogP contribution is 2.45. The molecule has 1 aliphatic heterocycles. The van der Waals surface area contributed by atoms with Gasteiger partial charge in [-0.15, -0.1) is 6.42 Å². The number of ether oxygens (including phenoxy) is 1. The molecule has 6 nitrogen and oxygen atoms in total. The number of benzene rings is 3. The minimum atomic E-state index is -0.938. The number of rotatable bonds is 5. The number of carbonyl (C=O) groups is 1. The number of aliphatic hydroxyl groups is 1. The number of halogens is 1. The zero-order valence-electron chi connectivity index (χ0n) is 24.5. The van der Waals surface area contributed by atoms with Gasteiger partial charge in [0.25, 0.3) is 5.91 Å². The fraction of sp³-hybridized carbons (Fsp3) is 0.400. The topological polar surface area (TPSA) is 73.8 Å². The van der Waals surface area contributed by atoms with Gasteiger partial charge in [-0.25, -0.2) is 4.39 Å². The summed E-state index contributed by atoms with van der Waals surface area (Å²) in [5.74, 6) is 2.46. The first-order chi connectivity index (χ1) is 20.2. The van der Waals surface area contributed by atoms with E-state index >= 15 is 0 Å². The highest BCUT2D eigenvalue weighted by molar-refractivity contribution is 5.94. The summed E-state index contributed by atoms with van der Waals surface area (Å²) in [4.78, 5) is 15.8. The van der Waals surface area contributed by atoms with Crippen LogP contribution in [-0.4, -0.2) is 54.8 Å². The molecule has 1 fully saturated rings. The van der Waals surface area contributed by atoms with Gasteiger partial charge in [0.15, 0.2) is 0 Å². The third kappa shape index (κ3) is 7.57. The van der Waals surface area contributed by atoms with Crippen molar-refractivity contribution in [2.24, 2.45) is 0 Å². The molecule has 3 aromatic carbocycles. The Labute approximate surface area is 248 Å². The minimum absolute atomic E-state index is 0.240. The van der Waals surface area contributed by atoms with Crippen LogP contribution in [0.4, 0.5) is 4.39 Å². The molecule has 7 heteroatoms. The molecule has 4 bridgehead atoms. The van der Waals surface area contributed by atoms with Crippen LogP contribution in [0.2, 0.25) is 0 Å². The average Bonchev–Trinajstić information content (AvgIpc) is 3.75. The molecule has 1 heterocycles. The molecule has 0 radical (unpaired) electrons. The molecule has 220 valence electrons. The largest absolute Gasteiger partial charge is 0.493 e. The summed E-state index contributed by atoms with van der Waals surface area (Å²) in [5, 5.41) is 18.1. The van der Waals surface area contributed by atoms with Crippen LogP contribution in [-0.2, 0) is 18.5 Å². The average molecular weight is 570 g/mol. The van der Waals surface area contributed by atoms with Crippen molar-refractivity contribution in [1.82, 2.24) is 15.5 Å². The van der Waals surface area contributed by atoms with Crippen molar-refractivity contribution < 1.29 is 19.0 Å². The van der Waals surface area contributed by atoms with E-state index < -0.39 is 18.0 Å². The first-order valence-electron chi connectivity index (χ1n) is 14.8. The summed E-state index contributed by atoms with van der Waals surface area (Å²) in [6.07, 6.45) is 8.55. The Hall–Kier alpha value is -3.70. The molecule has 0 saturated heterocycles. The number of nitrogens with one attached hydrogen (secondary N) is 2. The van der Waals surface area contributed by atoms with Gasteiger partial charge in [0, 0.05) is 35.8 Å². The van der Waals surface area contributed by atoms with E-state index in [9.17, 15) is 14.3 Å². The number of terminal acetylenes is 1. The molecular weight excluding hydrogens is 529 g/mol. The monoisotopic (exact) mass is 569 g/mol. The SMILES string of the molecule is C#Cc1cccc(C2(NCC(O)C3Cc4cc(F)cc(c4)OCCCCN(C)Cc4cc(C)cc(c4)C(=O)N3)CC2)c1. The number of nitrogens with zero attached hydrogens (tertiary/aromatic N) is 1. The van der Waals surface area contributed by atoms with Gasteiger partial charge in [0.1, 0.15) is 11.6 Å². The second-order valence-electron chi connectivity index (χ2n) is 11.8. The number of carbonyl (C=O) groups excluding carboxylic acids is 1. The Kier molecular flexibility index (Phi) is 9.27. The van der Waals surface area contributed by atoms with Crippen LogP contribution in [0, 0.1) is 25.1 Å². The van der Waals surface area contributed by atoms with Crippen LogP contribution in [0.5, 0.6) is 5.75 Å². The Morgan fingerprint density at radius 3 is 2.79 bits per heavy atom.